The molecule has 2 aromatic carbocycles. The van der Waals surface area contributed by atoms with Gasteiger partial charge >= 0.3 is 0 Å². The Balaban J connectivity index is 2.10. The monoisotopic (exact) mass is 377 g/mol. The third-order valence-corrected chi connectivity index (χ3v) is 5.35. The van der Waals surface area contributed by atoms with Crippen LogP contribution in [0.3, 0.4) is 0 Å². The number of amides is 1. The maximum atomic E-state index is 12.4. The van der Waals surface area contributed by atoms with Gasteiger partial charge in [-0.1, -0.05) is 35.9 Å². The highest BCUT2D eigenvalue weighted by atomic mass is 35.5. The summed E-state index contributed by atoms with van der Waals surface area (Å²) in [5.74, 6) is -0.153. The molecule has 0 fully saturated rings. The number of halogens is 1. The number of benzene rings is 2. The lowest BCUT2D eigenvalue weighted by Crippen LogP contribution is -2.28. The first-order valence-electron chi connectivity index (χ1n) is 7.69. The van der Waals surface area contributed by atoms with E-state index in [0.29, 0.717) is 5.02 Å². The number of likely N-dealkylation sites (N-methyl/N-ethyl adjacent to an activating group) is 1. The molecule has 0 saturated carbocycles. The third kappa shape index (κ3) is 5.18. The highest BCUT2D eigenvalue weighted by Gasteiger charge is 2.16. The molecule has 0 aliphatic heterocycles. The summed E-state index contributed by atoms with van der Waals surface area (Å²) >= 11 is 5.93. The number of nitrogens with zero attached hydrogens (tertiary/aromatic N) is 1. The third-order valence-electron chi connectivity index (χ3n) is 3.99. The highest BCUT2D eigenvalue weighted by molar-refractivity contribution is 7.90. The number of hydrogen-bond donors (Lipinski definition) is 0. The lowest BCUT2D eigenvalue weighted by molar-refractivity contribution is -0.126. The van der Waals surface area contributed by atoms with Crippen molar-refractivity contribution >= 4 is 33.4 Å². The van der Waals surface area contributed by atoms with E-state index in [1.807, 2.05) is 19.1 Å². The number of carbonyl (C=O) groups is 1. The molecule has 0 aromatic heterocycles. The average Bonchev–Trinajstić information content (AvgIpc) is 2.58. The van der Waals surface area contributed by atoms with Gasteiger partial charge in [0.05, 0.1) is 10.9 Å². The van der Waals surface area contributed by atoms with Gasteiger partial charge in [-0.25, -0.2) is 8.42 Å². The predicted molar refractivity (Wildman–Crippen MR) is 101 cm³/mol. The van der Waals surface area contributed by atoms with E-state index in [9.17, 15) is 13.2 Å². The van der Waals surface area contributed by atoms with Crippen LogP contribution in [-0.4, -0.2) is 32.5 Å². The van der Waals surface area contributed by atoms with Crippen LogP contribution in [0, 0.1) is 0 Å². The van der Waals surface area contributed by atoms with Gasteiger partial charge in [0.2, 0.25) is 5.91 Å². The zero-order valence-electron chi connectivity index (χ0n) is 14.3. The quantitative estimate of drug-likeness (QED) is 0.740. The van der Waals surface area contributed by atoms with Gasteiger partial charge in [-0.05, 0) is 48.4 Å². The van der Waals surface area contributed by atoms with Gasteiger partial charge in [-0.3, -0.25) is 4.79 Å². The topological polar surface area (TPSA) is 54.5 Å². The summed E-state index contributed by atoms with van der Waals surface area (Å²) in [7, 11) is -1.52. The minimum atomic E-state index is -3.23. The molecule has 0 heterocycles. The van der Waals surface area contributed by atoms with E-state index < -0.39 is 9.84 Å². The summed E-state index contributed by atoms with van der Waals surface area (Å²) in [5, 5.41) is 0.613. The van der Waals surface area contributed by atoms with Crippen molar-refractivity contribution in [2.45, 2.75) is 17.9 Å². The van der Waals surface area contributed by atoms with Crippen molar-refractivity contribution in [3.8, 4) is 0 Å². The van der Waals surface area contributed by atoms with E-state index in [-0.39, 0.29) is 16.8 Å². The fourth-order valence-corrected chi connectivity index (χ4v) is 3.13. The van der Waals surface area contributed by atoms with E-state index in [4.69, 9.17) is 11.6 Å². The summed E-state index contributed by atoms with van der Waals surface area (Å²) in [6.45, 7) is 1.89. The van der Waals surface area contributed by atoms with Crippen LogP contribution in [0.2, 0.25) is 5.02 Å². The van der Waals surface area contributed by atoms with E-state index in [1.54, 1.807) is 54.4 Å². The van der Waals surface area contributed by atoms with Gasteiger partial charge in [0.1, 0.15) is 0 Å². The summed E-state index contributed by atoms with van der Waals surface area (Å²) in [4.78, 5) is 14.2. The molecule has 2 rings (SSSR count). The Morgan fingerprint density at radius 2 is 1.80 bits per heavy atom. The molecule has 4 nitrogen and oxygen atoms in total. The molecule has 1 atom stereocenters. The van der Waals surface area contributed by atoms with Crippen LogP contribution in [0.5, 0.6) is 0 Å². The molecule has 0 bridgehead atoms. The Bertz CT molecular complexity index is 889. The van der Waals surface area contributed by atoms with Gasteiger partial charge < -0.3 is 4.90 Å². The second-order valence-corrected chi connectivity index (χ2v) is 8.31. The first kappa shape index (κ1) is 19.2. The van der Waals surface area contributed by atoms with Crippen LogP contribution in [-0.2, 0) is 14.6 Å². The largest absolute Gasteiger partial charge is 0.335 e. The zero-order chi connectivity index (χ0) is 18.6. The summed E-state index contributed by atoms with van der Waals surface area (Å²) in [5.41, 5.74) is 1.71. The first-order valence-corrected chi connectivity index (χ1v) is 9.96. The highest BCUT2D eigenvalue weighted by Crippen LogP contribution is 2.21. The van der Waals surface area contributed by atoms with E-state index in [2.05, 4.69) is 0 Å². The van der Waals surface area contributed by atoms with E-state index in [1.165, 1.54) is 12.3 Å². The molecule has 0 radical (unpaired) electrons. The summed E-state index contributed by atoms with van der Waals surface area (Å²) < 4.78 is 23.0. The molecule has 2 aromatic rings. The molecule has 132 valence electrons. The Morgan fingerprint density at radius 1 is 1.16 bits per heavy atom. The number of rotatable bonds is 5. The SMILES string of the molecule is C[C@@H](c1ccc(S(C)(=O)=O)cc1)N(C)C(=O)/C=C/c1cccc(Cl)c1. The Labute approximate surface area is 153 Å². The van der Waals surface area contributed by atoms with E-state index in [0.717, 1.165) is 11.1 Å². The van der Waals surface area contributed by atoms with Gasteiger partial charge in [-0.15, -0.1) is 0 Å². The van der Waals surface area contributed by atoms with E-state index >= 15 is 0 Å². The van der Waals surface area contributed by atoms with Gasteiger partial charge in [0.15, 0.2) is 9.84 Å². The van der Waals surface area contributed by atoms with Crippen LogP contribution in [0.25, 0.3) is 6.08 Å². The van der Waals surface area contributed by atoms with Gasteiger partial charge in [0, 0.05) is 24.4 Å². The fraction of sp³-hybridized carbons (Fsp3) is 0.211. The van der Waals surface area contributed by atoms with Crippen molar-refractivity contribution in [2.24, 2.45) is 0 Å². The fourth-order valence-electron chi connectivity index (χ4n) is 2.30. The maximum Gasteiger partial charge on any atom is 0.246 e. The average molecular weight is 378 g/mol. The maximum absolute atomic E-state index is 12.4. The van der Waals surface area contributed by atoms with Crippen LogP contribution >= 0.6 is 11.6 Å². The van der Waals surface area contributed by atoms with Crippen LogP contribution in [0.4, 0.5) is 0 Å². The first-order chi connectivity index (χ1) is 11.7. The predicted octanol–water partition coefficient (Wildman–Crippen LogP) is 3.98. The lowest BCUT2D eigenvalue weighted by Gasteiger charge is -2.24. The Kier molecular flexibility index (Phi) is 6.03. The van der Waals surface area contributed by atoms with Crippen molar-refractivity contribution in [3.63, 3.8) is 0 Å². The summed E-state index contributed by atoms with van der Waals surface area (Å²) in [6.07, 6.45) is 4.37. The Hall–Kier alpha value is -2.11. The molecular weight excluding hydrogens is 358 g/mol. The molecule has 0 N–H and O–H groups in total. The molecule has 0 aliphatic rings. The zero-order valence-corrected chi connectivity index (χ0v) is 15.9. The lowest BCUT2D eigenvalue weighted by atomic mass is 10.1. The minimum absolute atomic E-state index is 0.153. The smallest absolute Gasteiger partial charge is 0.246 e. The van der Waals surface area contributed by atoms with Gasteiger partial charge in [-0.2, -0.15) is 0 Å². The minimum Gasteiger partial charge on any atom is -0.335 e. The second kappa shape index (κ2) is 7.85. The van der Waals surface area contributed by atoms with Crippen LogP contribution in [0.1, 0.15) is 24.1 Å². The second-order valence-electron chi connectivity index (χ2n) is 5.85. The summed E-state index contributed by atoms with van der Waals surface area (Å²) in [6, 6.07) is 13.6. The number of sulfone groups is 1. The normalized spacial score (nSPS) is 13.0. The number of carbonyl (C=O) groups excluding carboxylic acids is 1. The molecule has 0 saturated heterocycles. The molecule has 25 heavy (non-hydrogen) atoms. The van der Waals surface area contributed by atoms with Crippen molar-refractivity contribution in [3.05, 3.63) is 70.8 Å². The van der Waals surface area contributed by atoms with Crippen molar-refractivity contribution < 1.29 is 13.2 Å². The van der Waals surface area contributed by atoms with Crippen molar-refractivity contribution in [1.29, 1.82) is 0 Å². The molecule has 0 unspecified atom stereocenters. The standard InChI is InChI=1S/C19H20ClNO3S/c1-14(16-8-10-18(11-9-16)25(3,23)24)21(2)19(22)12-7-15-5-4-6-17(20)13-15/h4-14H,1-3H3/b12-7+/t14-/m0/s1. The molecule has 1 amide bonds. The van der Waals surface area contributed by atoms with Gasteiger partial charge in [0.25, 0.3) is 0 Å². The molecule has 0 spiro atoms. The molecular formula is C19H20ClNO3S. The molecule has 0 aliphatic carbocycles. The van der Waals surface area contributed by atoms with Crippen molar-refractivity contribution in [2.75, 3.05) is 13.3 Å². The Morgan fingerprint density at radius 3 is 2.36 bits per heavy atom. The van der Waals surface area contributed by atoms with Crippen molar-refractivity contribution in [1.82, 2.24) is 4.90 Å². The molecule has 6 heteroatoms. The van der Waals surface area contributed by atoms with Crippen LogP contribution in [0.15, 0.2) is 59.5 Å². The number of hydrogen-bond acceptors (Lipinski definition) is 3. The van der Waals surface area contributed by atoms with Crippen LogP contribution < -0.4 is 0 Å².